The first-order chi connectivity index (χ1) is 9.01. The monoisotopic (exact) mass is 264 g/mol. The zero-order valence-electron chi connectivity index (χ0n) is 10.9. The predicted molar refractivity (Wildman–Crippen MR) is 66.3 cm³/mol. The van der Waals surface area contributed by atoms with E-state index in [1.54, 1.807) is 10.7 Å². The summed E-state index contributed by atoms with van der Waals surface area (Å²) in [6.45, 7) is 4.47. The van der Waals surface area contributed by atoms with Crippen molar-refractivity contribution in [3.8, 4) is 0 Å². The second-order valence-electron chi connectivity index (χ2n) is 4.46. The molecule has 1 fully saturated rings. The molecule has 19 heavy (non-hydrogen) atoms. The Labute approximate surface area is 110 Å². The van der Waals surface area contributed by atoms with Crippen molar-refractivity contribution in [2.45, 2.75) is 39.3 Å². The molecule has 0 saturated carbocycles. The van der Waals surface area contributed by atoms with E-state index in [1.165, 1.54) is 0 Å². The summed E-state index contributed by atoms with van der Waals surface area (Å²) in [5.74, 6) is -1.16. The van der Waals surface area contributed by atoms with Gasteiger partial charge in [-0.3, -0.25) is 24.4 Å². The zero-order chi connectivity index (χ0) is 14.0. The lowest BCUT2D eigenvalue weighted by Gasteiger charge is -2.21. The smallest absolute Gasteiger partial charge is 0.272 e. The largest absolute Gasteiger partial charge is 0.339 e. The van der Waals surface area contributed by atoms with E-state index in [1.807, 2.05) is 13.8 Å². The third-order valence-electron chi connectivity index (χ3n) is 3.06. The minimum atomic E-state index is -0.669. The number of aromatic nitrogens is 2. The Hall–Kier alpha value is -2.18. The molecule has 0 bridgehead atoms. The molecule has 1 aromatic rings. The SMILES string of the molecule is CCn1nc(C(=O)NC2CCC(=O)NC2=O)cc1C. The molecule has 3 amide bonds. The Bertz CT molecular complexity index is 535. The fourth-order valence-corrected chi connectivity index (χ4v) is 2.00. The molecule has 0 aromatic carbocycles. The lowest BCUT2D eigenvalue weighted by Crippen LogP contribution is -2.52. The quantitative estimate of drug-likeness (QED) is 0.736. The summed E-state index contributed by atoms with van der Waals surface area (Å²) in [6, 6.07) is 1.00. The van der Waals surface area contributed by atoms with Gasteiger partial charge in [0.25, 0.3) is 5.91 Å². The minimum Gasteiger partial charge on any atom is -0.339 e. The highest BCUT2D eigenvalue weighted by Crippen LogP contribution is 2.07. The van der Waals surface area contributed by atoms with Gasteiger partial charge < -0.3 is 5.32 Å². The Morgan fingerprint density at radius 3 is 2.89 bits per heavy atom. The highest BCUT2D eigenvalue weighted by atomic mass is 16.2. The molecule has 102 valence electrons. The number of imide groups is 1. The molecule has 7 nitrogen and oxygen atoms in total. The van der Waals surface area contributed by atoms with E-state index in [2.05, 4.69) is 15.7 Å². The number of nitrogens with zero attached hydrogens (tertiary/aromatic N) is 2. The summed E-state index contributed by atoms with van der Waals surface area (Å²) in [5.41, 5.74) is 1.17. The molecule has 2 rings (SSSR count). The number of rotatable bonds is 3. The minimum absolute atomic E-state index is 0.235. The number of hydrogen-bond acceptors (Lipinski definition) is 4. The zero-order valence-corrected chi connectivity index (χ0v) is 10.9. The number of aryl methyl sites for hydroxylation is 2. The summed E-state index contributed by atoms with van der Waals surface area (Å²) >= 11 is 0. The van der Waals surface area contributed by atoms with Crippen molar-refractivity contribution in [1.29, 1.82) is 0 Å². The van der Waals surface area contributed by atoms with Crippen molar-refractivity contribution in [2.24, 2.45) is 0 Å². The van der Waals surface area contributed by atoms with Crippen LogP contribution >= 0.6 is 0 Å². The Balaban J connectivity index is 2.04. The Kier molecular flexibility index (Phi) is 3.64. The van der Waals surface area contributed by atoms with Crippen LogP contribution in [0.4, 0.5) is 0 Å². The van der Waals surface area contributed by atoms with Crippen LogP contribution in [-0.4, -0.2) is 33.5 Å². The van der Waals surface area contributed by atoms with Crippen molar-refractivity contribution in [1.82, 2.24) is 20.4 Å². The maximum absolute atomic E-state index is 12.0. The van der Waals surface area contributed by atoms with Gasteiger partial charge in [0, 0.05) is 18.7 Å². The first-order valence-corrected chi connectivity index (χ1v) is 6.20. The number of piperidine rings is 1. The number of hydrogen-bond donors (Lipinski definition) is 2. The topological polar surface area (TPSA) is 93.1 Å². The average Bonchev–Trinajstić information content (AvgIpc) is 2.74. The molecule has 1 unspecified atom stereocenters. The second-order valence-corrected chi connectivity index (χ2v) is 4.46. The molecule has 0 aliphatic carbocycles. The number of nitrogens with one attached hydrogen (secondary N) is 2. The van der Waals surface area contributed by atoms with Crippen LogP contribution in [0.1, 0.15) is 35.9 Å². The molecule has 2 heterocycles. The van der Waals surface area contributed by atoms with Gasteiger partial charge in [0.15, 0.2) is 0 Å². The first-order valence-electron chi connectivity index (χ1n) is 6.20. The molecule has 0 spiro atoms. The van der Waals surface area contributed by atoms with Crippen molar-refractivity contribution < 1.29 is 14.4 Å². The van der Waals surface area contributed by atoms with Crippen LogP contribution < -0.4 is 10.6 Å². The van der Waals surface area contributed by atoms with Gasteiger partial charge in [-0.2, -0.15) is 5.10 Å². The first kappa shape index (κ1) is 13.3. The van der Waals surface area contributed by atoms with Crippen LogP contribution in [0.5, 0.6) is 0 Å². The number of amides is 3. The second kappa shape index (κ2) is 5.21. The van der Waals surface area contributed by atoms with Gasteiger partial charge in [-0.15, -0.1) is 0 Å². The molecule has 0 radical (unpaired) electrons. The van der Waals surface area contributed by atoms with E-state index < -0.39 is 17.9 Å². The number of carbonyl (C=O) groups excluding carboxylic acids is 3. The van der Waals surface area contributed by atoms with Crippen LogP contribution in [0, 0.1) is 6.92 Å². The van der Waals surface area contributed by atoms with Crippen molar-refractivity contribution >= 4 is 17.7 Å². The summed E-state index contributed by atoms with van der Waals surface area (Å²) in [4.78, 5) is 34.5. The van der Waals surface area contributed by atoms with Crippen LogP contribution in [0.3, 0.4) is 0 Å². The predicted octanol–water partition coefficient (Wildman–Crippen LogP) is -0.254. The molecular weight excluding hydrogens is 248 g/mol. The van der Waals surface area contributed by atoms with Gasteiger partial charge in [-0.05, 0) is 26.3 Å². The van der Waals surface area contributed by atoms with Crippen LogP contribution in [0.25, 0.3) is 0 Å². The summed E-state index contributed by atoms with van der Waals surface area (Å²) in [6.07, 6.45) is 0.559. The van der Waals surface area contributed by atoms with Gasteiger partial charge in [0.2, 0.25) is 11.8 Å². The highest BCUT2D eigenvalue weighted by molar-refractivity contribution is 6.03. The molecular formula is C12H16N4O3. The molecule has 1 saturated heterocycles. The Morgan fingerprint density at radius 1 is 1.58 bits per heavy atom. The maximum atomic E-state index is 12.0. The number of carbonyl (C=O) groups is 3. The normalized spacial score (nSPS) is 19.2. The van der Waals surface area contributed by atoms with E-state index in [-0.39, 0.29) is 18.0 Å². The molecule has 7 heteroatoms. The third-order valence-corrected chi connectivity index (χ3v) is 3.06. The van der Waals surface area contributed by atoms with Gasteiger partial charge >= 0.3 is 0 Å². The van der Waals surface area contributed by atoms with E-state index >= 15 is 0 Å². The fraction of sp³-hybridized carbons (Fsp3) is 0.500. The molecule has 1 atom stereocenters. The van der Waals surface area contributed by atoms with Crippen LogP contribution in [-0.2, 0) is 16.1 Å². The lowest BCUT2D eigenvalue weighted by molar-refractivity contribution is -0.134. The summed E-state index contributed by atoms with van der Waals surface area (Å²) < 4.78 is 1.71. The van der Waals surface area contributed by atoms with E-state index in [0.29, 0.717) is 13.0 Å². The van der Waals surface area contributed by atoms with Crippen LogP contribution in [0.2, 0.25) is 0 Å². The average molecular weight is 264 g/mol. The third kappa shape index (κ3) is 2.81. The van der Waals surface area contributed by atoms with E-state index in [9.17, 15) is 14.4 Å². The van der Waals surface area contributed by atoms with E-state index in [0.717, 1.165) is 5.69 Å². The van der Waals surface area contributed by atoms with Crippen molar-refractivity contribution in [3.63, 3.8) is 0 Å². The standard InChI is InChI=1S/C12H16N4O3/c1-3-16-7(2)6-9(15-16)12(19)13-8-4-5-10(17)14-11(8)18/h6,8H,3-5H2,1-2H3,(H,13,19)(H,14,17,18). The van der Waals surface area contributed by atoms with Crippen molar-refractivity contribution in [2.75, 3.05) is 0 Å². The van der Waals surface area contributed by atoms with Gasteiger partial charge in [0.05, 0.1) is 0 Å². The van der Waals surface area contributed by atoms with Gasteiger partial charge in [0.1, 0.15) is 11.7 Å². The molecule has 1 aliphatic rings. The van der Waals surface area contributed by atoms with Gasteiger partial charge in [-0.25, -0.2) is 0 Å². The molecule has 1 aliphatic heterocycles. The van der Waals surface area contributed by atoms with Crippen LogP contribution in [0.15, 0.2) is 6.07 Å². The van der Waals surface area contributed by atoms with Gasteiger partial charge in [-0.1, -0.05) is 0 Å². The lowest BCUT2D eigenvalue weighted by atomic mass is 10.1. The highest BCUT2D eigenvalue weighted by Gasteiger charge is 2.28. The van der Waals surface area contributed by atoms with Crippen molar-refractivity contribution in [3.05, 3.63) is 17.5 Å². The summed E-state index contributed by atoms with van der Waals surface area (Å²) in [7, 11) is 0. The summed E-state index contributed by atoms with van der Waals surface area (Å²) in [5, 5.41) is 8.93. The molecule has 2 N–H and O–H groups in total. The Morgan fingerprint density at radius 2 is 2.32 bits per heavy atom. The fourth-order valence-electron chi connectivity index (χ4n) is 2.00. The molecule has 1 aromatic heterocycles. The maximum Gasteiger partial charge on any atom is 0.272 e. The van der Waals surface area contributed by atoms with E-state index in [4.69, 9.17) is 0 Å².